The van der Waals surface area contributed by atoms with Crippen molar-refractivity contribution >= 4 is 5.91 Å². The van der Waals surface area contributed by atoms with Gasteiger partial charge in [0.25, 0.3) is 5.91 Å². The maximum atomic E-state index is 12.3. The second-order valence-corrected chi connectivity index (χ2v) is 6.80. The van der Waals surface area contributed by atoms with E-state index in [4.69, 9.17) is 9.26 Å². The number of amides is 1. The zero-order valence-electron chi connectivity index (χ0n) is 14.0. The normalized spacial score (nSPS) is 17.9. The van der Waals surface area contributed by atoms with E-state index in [-0.39, 0.29) is 17.2 Å². The highest BCUT2D eigenvalue weighted by Crippen LogP contribution is 2.30. The van der Waals surface area contributed by atoms with Crippen LogP contribution in [0.1, 0.15) is 48.9 Å². The summed E-state index contributed by atoms with van der Waals surface area (Å²) >= 11 is 0. The average molecular weight is 309 g/mol. The minimum Gasteiger partial charge on any atom is -0.381 e. The Morgan fingerprint density at radius 1 is 1.41 bits per heavy atom. The number of rotatable bonds is 6. The van der Waals surface area contributed by atoms with Crippen LogP contribution < -0.4 is 5.32 Å². The van der Waals surface area contributed by atoms with Crippen molar-refractivity contribution in [3.63, 3.8) is 0 Å². The van der Waals surface area contributed by atoms with E-state index >= 15 is 0 Å². The summed E-state index contributed by atoms with van der Waals surface area (Å²) in [6.45, 7) is 7.10. The second-order valence-electron chi connectivity index (χ2n) is 6.80. The van der Waals surface area contributed by atoms with E-state index in [0.29, 0.717) is 12.2 Å². The number of ether oxygens (including phenoxy) is 1. The van der Waals surface area contributed by atoms with E-state index in [0.717, 1.165) is 38.4 Å². The van der Waals surface area contributed by atoms with Gasteiger partial charge >= 0.3 is 0 Å². The third-order valence-corrected chi connectivity index (χ3v) is 4.16. The number of nitrogens with zero attached hydrogens (tertiary/aromatic N) is 2. The standard InChI is InChI=1S/C16H27N3O3/c1-12(2)14-9-13(18-22-14)15(20)17-10-16(11-19(3)4)5-7-21-8-6-16/h9,12H,5-8,10-11H2,1-4H3,(H,17,20). The van der Waals surface area contributed by atoms with Crippen molar-refractivity contribution in [2.45, 2.75) is 32.6 Å². The Balaban J connectivity index is 1.97. The van der Waals surface area contributed by atoms with Crippen LogP contribution in [0.25, 0.3) is 0 Å². The van der Waals surface area contributed by atoms with Crippen molar-refractivity contribution in [3.05, 3.63) is 17.5 Å². The highest BCUT2D eigenvalue weighted by molar-refractivity contribution is 5.92. The Hall–Kier alpha value is -1.40. The Kier molecular flexibility index (Phi) is 5.58. The van der Waals surface area contributed by atoms with Crippen molar-refractivity contribution in [2.75, 3.05) is 40.4 Å². The van der Waals surface area contributed by atoms with Crippen LogP contribution in [0.2, 0.25) is 0 Å². The summed E-state index contributed by atoms with van der Waals surface area (Å²) in [6.07, 6.45) is 1.92. The van der Waals surface area contributed by atoms with Crippen LogP contribution in [0.5, 0.6) is 0 Å². The summed E-state index contributed by atoms with van der Waals surface area (Å²) < 4.78 is 10.7. The van der Waals surface area contributed by atoms with Gasteiger partial charge in [-0.25, -0.2) is 0 Å². The summed E-state index contributed by atoms with van der Waals surface area (Å²) in [5, 5.41) is 6.89. The number of carbonyl (C=O) groups excluding carboxylic acids is 1. The first kappa shape index (κ1) is 17.0. The van der Waals surface area contributed by atoms with E-state index < -0.39 is 0 Å². The summed E-state index contributed by atoms with van der Waals surface area (Å²) in [5.74, 6) is 0.795. The molecule has 22 heavy (non-hydrogen) atoms. The zero-order chi connectivity index (χ0) is 16.2. The summed E-state index contributed by atoms with van der Waals surface area (Å²) in [4.78, 5) is 14.4. The van der Waals surface area contributed by atoms with Crippen LogP contribution in [0.3, 0.4) is 0 Å². The smallest absolute Gasteiger partial charge is 0.273 e. The molecule has 0 saturated carbocycles. The van der Waals surface area contributed by atoms with E-state index in [1.807, 2.05) is 13.8 Å². The molecule has 1 aromatic heterocycles. The van der Waals surface area contributed by atoms with Gasteiger partial charge in [-0.2, -0.15) is 0 Å². The highest BCUT2D eigenvalue weighted by Gasteiger charge is 2.33. The molecule has 1 aliphatic heterocycles. The van der Waals surface area contributed by atoms with Crippen LogP contribution in [-0.2, 0) is 4.74 Å². The number of aromatic nitrogens is 1. The molecule has 124 valence electrons. The third-order valence-electron chi connectivity index (χ3n) is 4.16. The molecule has 0 spiro atoms. The molecule has 0 unspecified atom stereocenters. The SMILES string of the molecule is CC(C)c1cc(C(=O)NCC2(CN(C)C)CCOCC2)no1. The Morgan fingerprint density at radius 2 is 2.09 bits per heavy atom. The molecule has 2 heterocycles. The topological polar surface area (TPSA) is 67.6 Å². The molecule has 2 rings (SSSR count). The lowest BCUT2D eigenvalue weighted by molar-refractivity contribution is 0.00281. The lowest BCUT2D eigenvalue weighted by atomic mass is 9.79. The average Bonchev–Trinajstić information content (AvgIpc) is 2.95. The van der Waals surface area contributed by atoms with Crippen molar-refractivity contribution in [1.29, 1.82) is 0 Å². The monoisotopic (exact) mass is 309 g/mol. The molecule has 1 saturated heterocycles. The maximum absolute atomic E-state index is 12.3. The Bertz CT molecular complexity index is 491. The Morgan fingerprint density at radius 3 is 2.64 bits per heavy atom. The predicted octanol–water partition coefficient (Wildman–Crippen LogP) is 1.89. The van der Waals surface area contributed by atoms with Crippen LogP contribution in [0.15, 0.2) is 10.6 Å². The molecule has 1 amide bonds. The van der Waals surface area contributed by atoms with Crippen molar-refractivity contribution in [3.8, 4) is 0 Å². The largest absolute Gasteiger partial charge is 0.381 e. The van der Waals surface area contributed by atoms with Gasteiger partial charge in [0.1, 0.15) is 5.76 Å². The fraction of sp³-hybridized carbons (Fsp3) is 0.750. The van der Waals surface area contributed by atoms with Crippen LogP contribution >= 0.6 is 0 Å². The molecule has 6 heteroatoms. The maximum Gasteiger partial charge on any atom is 0.273 e. The fourth-order valence-electron chi connectivity index (χ4n) is 2.89. The lowest BCUT2D eigenvalue weighted by Gasteiger charge is -2.39. The first-order valence-corrected chi connectivity index (χ1v) is 7.89. The molecule has 1 N–H and O–H groups in total. The second kappa shape index (κ2) is 7.24. The summed E-state index contributed by atoms with van der Waals surface area (Å²) in [7, 11) is 4.12. The number of nitrogens with one attached hydrogen (secondary N) is 1. The molecule has 0 radical (unpaired) electrons. The molecule has 0 atom stereocenters. The molecule has 0 bridgehead atoms. The molecular weight excluding hydrogens is 282 g/mol. The minimum atomic E-state index is -0.166. The van der Waals surface area contributed by atoms with Gasteiger partial charge in [-0.3, -0.25) is 4.79 Å². The van der Waals surface area contributed by atoms with Crippen molar-refractivity contribution < 1.29 is 14.1 Å². The third kappa shape index (κ3) is 4.30. The van der Waals surface area contributed by atoms with Crippen LogP contribution in [0, 0.1) is 5.41 Å². The number of carbonyl (C=O) groups is 1. The van der Waals surface area contributed by atoms with E-state index in [1.165, 1.54) is 0 Å². The van der Waals surface area contributed by atoms with Gasteiger partial charge in [-0.05, 0) is 26.9 Å². The fourth-order valence-corrected chi connectivity index (χ4v) is 2.89. The number of hydrogen-bond donors (Lipinski definition) is 1. The van der Waals surface area contributed by atoms with E-state index in [9.17, 15) is 4.79 Å². The van der Waals surface area contributed by atoms with Gasteiger partial charge in [-0.15, -0.1) is 0 Å². The van der Waals surface area contributed by atoms with Crippen molar-refractivity contribution in [1.82, 2.24) is 15.4 Å². The number of hydrogen-bond acceptors (Lipinski definition) is 5. The lowest BCUT2D eigenvalue weighted by Crippen LogP contribution is -2.47. The van der Waals surface area contributed by atoms with E-state index in [2.05, 4.69) is 29.5 Å². The summed E-state index contributed by atoms with van der Waals surface area (Å²) in [6, 6.07) is 1.72. The van der Waals surface area contributed by atoms with E-state index in [1.54, 1.807) is 6.07 Å². The van der Waals surface area contributed by atoms with Gasteiger partial charge in [0, 0.05) is 43.7 Å². The van der Waals surface area contributed by atoms with Gasteiger partial charge in [-0.1, -0.05) is 19.0 Å². The minimum absolute atomic E-state index is 0.0715. The quantitative estimate of drug-likeness (QED) is 0.869. The van der Waals surface area contributed by atoms with Crippen LogP contribution in [0.4, 0.5) is 0 Å². The molecule has 1 aliphatic rings. The molecular formula is C16H27N3O3. The molecule has 1 aromatic rings. The van der Waals surface area contributed by atoms with Crippen molar-refractivity contribution in [2.24, 2.45) is 5.41 Å². The summed E-state index contributed by atoms with van der Waals surface area (Å²) in [5.41, 5.74) is 0.429. The first-order valence-electron chi connectivity index (χ1n) is 7.89. The van der Waals surface area contributed by atoms with Gasteiger partial charge in [0.2, 0.25) is 0 Å². The zero-order valence-corrected chi connectivity index (χ0v) is 14.0. The molecule has 0 aliphatic carbocycles. The molecule has 1 fully saturated rings. The molecule has 0 aromatic carbocycles. The van der Waals surface area contributed by atoms with Gasteiger partial charge < -0.3 is 19.5 Å². The van der Waals surface area contributed by atoms with Gasteiger partial charge in [0.15, 0.2) is 5.69 Å². The first-order chi connectivity index (χ1) is 10.4. The highest BCUT2D eigenvalue weighted by atomic mass is 16.5. The Labute approximate surface area is 132 Å². The van der Waals surface area contributed by atoms with Crippen LogP contribution in [-0.4, -0.2) is 56.4 Å². The predicted molar refractivity (Wildman–Crippen MR) is 84.0 cm³/mol. The molecule has 6 nitrogen and oxygen atoms in total. The van der Waals surface area contributed by atoms with Gasteiger partial charge in [0.05, 0.1) is 0 Å².